The van der Waals surface area contributed by atoms with Gasteiger partial charge in [-0.25, -0.2) is 0 Å². The largest absolute Gasteiger partial charge is 0.349 e. The SMILES string of the molecule is Cn1cc(C(=O)NC2CCCC2)c(CC2CCN(C(=O)Cc3ccccn3)CC2)n1. The van der Waals surface area contributed by atoms with Crippen molar-refractivity contribution in [3.8, 4) is 0 Å². The fourth-order valence-electron chi connectivity index (χ4n) is 4.64. The molecule has 160 valence electrons. The molecule has 0 aromatic carbocycles. The van der Waals surface area contributed by atoms with Crippen LogP contribution in [0.1, 0.15) is 60.3 Å². The van der Waals surface area contributed by atoms with E-state index >= 15 is 0 Å². The summed E-state index contributed by atoms with van der Waals surface area (Å²) in [6, 6.07) is 5.97. The molecule has 2 amide bonds. The molecule has 2 aromatic rings. The molecule has 1 saturated heterocycles. The monoisotopic (exact) mass is 409 g/mol. The van der Waals surface area contributed by atoms with Crippen LogP contribution in [0.4, 0.5) is 0 Å². The van der Waals surface area contributed by atoms with E-state index < -0.39 is 0 Å². The Kier molecular flexibility index (Phi) is 6.45. The highest BCUT2D eigenvalue weighted by atomic mass is 16.2. The van der Waals surface area contributed by atoms with Crippen molar-refractivity contribution in [1.82, 2.24) is 25.0 Å². The minimum atomic E-state index is 0.00738. The Morgan fingerprint density at radius 3 is 2.60 bits per heavy atom. The second-order valence-corrected chi connectivity index (χ2v) is 8.64. The van der Waals surface area contributed by atoms with Gasteiger partial charge in [-0.05, 0) is 50.2 Å². The topological polar surface area (TPSA) is 80.1 Å². The Balaban J connectivity index is 1.30. The first kappa shape index (κ1) is 20.6. The van der Waals surface area contributed by atoms with Gasteiger partial charge in [-0.1, -0.05) is 18.9 Å². The zero-order valence-electron chi connectivity index (χ0n) is 17.7. The maximum absolute atomic E-state index is 12.8. The number of likely N-dealkylation sites (tertiary alicyclic amines) is 1. The number of nitrogens with zero attached hydrogens (tertiary/aromatic N) is 4. The molecule has 0 unspecified atom stereocenters. The highest BCUT2D eigenvalue weighted by molar-refractivity contribution is 5.95. The minimum Gasteiger partial charge on any atom is -0.349 e. The van der Waals surface area contributed by atoms with Gasteiger partial charge in [-0.2, -0.15) is 5.10 Å². The molecule has 2 fully saturated rings. The lowest BCUT2D eigenvalue weighted by molar-refractivity contribution is -0.131. The number of hydrogen-bond acceptors (Lipinski definition) is 4. The summed E-state index contributed by atoms with van der Waals surface area (Å²) < 4.78 is 1.74. The maximum atomic E-state index is 12.8. The molecule has 1 saturated carbocycles. The molecule has 0 bridgehead atoms. The van der Waals surface area contributed by atoms with Crippen LogP contribution in [0.5, 0.6) is 0 Å². The lowest BCUT2D eigenvalue weighted by Crippen LogP contribution is -2.40. The quantitative estimate of drug-likeness (QED) is 0.795. The van der Waals surface area contributed by atoms with E-state index in [1.165, 1.54) is 12.8 Å². The van der Waals surface area contributed by atoms with Gasteiger partial charge in [-0.15, -0.1) is 0 Å². The van der Waals surface area contributed by atoms with Gasteiger partial charge in [0.2, 0.25) is 5.91 Å². The Morgan fingerprint density at radius 2 is 1.90 bits per heavy atom. The highest BCUT2D eigenvalue weighted by Gasteiger charge is 2.27. The summed E-state index contributed by atoms with van der Waals surface area (Å²) in [5, 5.41) is 7.76. The highest BCUT2D eigenvalue weighted by Crippen LogP contribution is 2.24. The number of rotatable bonds is 6. The van der Waals surface area contributed by atoms with Crippen LogP contribution in [0.3, 0.4) is 0 Å². The first-order chi connectivity index (χ1) is 14.6. The summed E-state index contributed by atoms with van der Waals surface area (Å²) in [5.74, 6) is 0.589. The minimum absolute atomic E-state index is 0.00738. The Morgan fingerprint density at radius 1 is 1.13 bits per heavy atom. The van der Waals surface area contributed by atoms with E-state index in [4.69, 9.17) is 0 Å². The smallest absolute Gasteiger partial charge is 0.254 e. The average molecular weight is 410 g/mol. The number of aryl methyl sites for hydroxylation is 1. The molecule has 0 spiro atoms. The average Bonchev–Trinajstić information content (AvgIpc) is 3.38. The summed E-state index contributed by atoms with van der Waals surface area (Å²) in [6.07, 6.45) is 11.1. The first-order valence-electron chi connectivity index (χ1n) is 11.1. The number of pyridine rings is 1. The van der Waals surface area contributed by atoms with Gasteiger partial charge in [0.1, 0.15) is 0 Å². The van der Waals surface area contributed by atoms with Crippen molar-refractivity contribution < 1.29 is 9.59 Å². The molecule has 4 rings (SSSR count). The summed E-state index contributed by atoms with van der Waals surface area (Å²) in [5.41, 5.74) is 2.40. The number of hydrogen-bond donors (Lipinski definition) is 1. The van der Waals surface area contributed by atoms with Gasteiger partial charge in [0.05, 0.1) is 17.7 Å². The fraction of sp³-hybridized carbons (Fsp3) is 0.565. The second kappa shape index (κ2) is 9.41. The third-order valence-corrected chi connectivity index (χ3v) is 6.35. The van der Waals surface area contributed by atoms with Crippen LogP contribution in [0.15, 0.2) is 30.6 Å². The number of amides is 2. The number of carbonyl (C=O) groups excluding carboxylic acids is 2. The van der Waals surface area contributed by atoms with Crippen molar-refractivity contribution in [3.05, 3.63) is 47.5 Å². The van der Waals surface area contributed by atoms with Crippen LogP contribution in [0.2, 0.25) is 0 Å². The third-order valence-electron chi connectivity index (χ3n) is 6.35. The Labute approximate surface area is 177 Å². The summed E-state index contributed by atoms with van der Waals surface area (Å²) in [7, 11) is 1.87. The van der Waals surface area contributed by atoms with Gasteiger partial charge in [0.25, 0.3) is 5.91 Å². The maximum Gasteiger partial charge on any atom is 0.254 e. The van der Waals surface area contributed by atoms with Crippen LogP contribution in [0.25, 0.3) is 0 Å². The van der Waals surface area contributed by atoms with Crippen molar-refractivity contribution in [2.24, 2.45) is 13.0 Å². The molecule has 30 heavy (non-hydrogen) atoms. The fourth-order valence-corrected chi connectivity index (χ4v) is 4.64. The predicted octanol–water partition coefficient (Wildman–Crippen LogP) is 2.51. The van der Waals surface area contributed by atoms with Gasteiger partial charge < -0.3 is 10.2 Å². The molecule has 1 aliphatic carbocycles. The molecule has 2 aliphatic rings. The second-order valence-electron chi connectivity index (χ2n) is 8.64. The van der Waals surface area contributed by atoms with E-state index in [1.54, 1.807) is 10.9 Å². The molecule has 7 heteroatoms. The molecule has 2 aromatic heterocycles. The number of nitrogens with one attached hydrogen (secondary N) is 1. The Hall–Kier alpha value is -2.70. The lowest BCUT2D eigenvalue weighted by atomic mass is 9.91. The number of piperidine rings is 1. The van der Waals surface area contributed by atoms with E-state index in [-0.39, 0.29) is 11.8 Å². The van der Waals surface area contributed by atoms with Crippen LogP contribution >= 0.6 is 0 Å². The van der Waals surface area contributed by atoms with E-state index in [9.17, 15) is 9.59 Å². The predicted molar refractivity (Wildman–Crippen MR) is 114 cm³/mol. The zero-order chi connectivity index (χ0) is 20.9. The lowest BCUT2D eigenvalue weighted by Gasteiger charge is -2.32. The van der Waals surface area contributed by atoms with Crippen molar-refractivity contribution in [2.75, 3.05) is 13.1 Å². The molecular weight excluding hydrogens is 378 g/mol. The molecule has 0 atom stereocenters. The molecule has 3 heterocycles. The third kappa shape index (κ3) is 5.07. The van der Waals surface area contributed by atoms with E-state index in [2.05, 4.69) is 15.4 Å². The summed E-state index contributed by atoms with van der Waals surface area (Å²) in [4.78, 5) is 31.5. The van der Waals surface area contributed by atoms with Crippen LogP contribution in [0, 0.1) is 5.92 Å². The number of carbonyl (C=O) groups is 2. The van der Waals surface area contributed by atoms with E-state index in [0.717, 1.165) is 56.6 Å². The summed E-state index contributed by atoms with van der Waals surface area (Å²) in [6.45, 7) is 1.51. The van der Waals surface area contributed by atoms with Crippen LogP contribution < -0.4 is 5.32 Å². The Bertz CT molecular complexity index is 865. The van der Waals surface area contributed by atoms with Crippen molar-refractivity contribution in [2.45, 2.75) is 57.4 Å². The number of aromatic nitrogens is 3. The standard InChI is InChI=1S/C23H31N5O2/c1-27-16-20(23(30)25-18-6-2-3-7-18)21(26-27)14-17-9-12-28(13-10-17)22(29)15-19-8-4-5-11-24-19/h4-5,8,11,16-18H,2-3,6-7,9-10,12-15H2,1H3,(H,25,30). The van der Waals surface area contributed by atoms with Crippen molar-refractivity contribution >= 4 is 11.8 Å². The van der Waals surface area contributed by atoms with Gasteiger partial charge in [0.15, 0.2) is 0 Å². The van der Waals surface area contributed by atoms with Crippen LogP contribution in [-0.4, -0.2) is 50.6 Å². The van der Waals surface area contributed by atoms with Gasteiger partial charge in [-0.3, -0.25) is 19.3 Å². The van der Waals surface area contributed by atoms with Gasteiger partial charge in [0, 0.05) is 44.3 Å². The van der Waals surface area contributed by atoms with Crippen LogP contribution in [-0.2, 0) is 24.7 Å². The molecule has 7 nitrogen and oxygen atoms in total. The van der Waals surface area contributed by atoms with Gasteiger partial charge >= 0.3 is 0 Å². The van der Waals surface area contributed by atoms with Crippen molar-refractivity contribution in [3.63, 3.8) is 0 Å². The van der Waals surface area contributed by atoms with E-state index in [1.807, 2.05) is 36.3 Å². The first-order valence-corrected chi connectivity index (χ1v) is 11.1. The molecular formula is C23H31N5O2. The molecule has 1 N–H and O–H groups in total. The summed E-state index contributed by atoms with van der Waals surface area (Å²) >= 11 is 0. The van der Waals surface area contributed by atoms with Crippen molar-refractivity contribution in [1.29, 1.82) is 0 Å². The zero-order valence-corrected chi connectivity index (χ0v) is 17.7. The molecule has 1 aliphatic heterocycles. The normalized spacial score (nSPS) is 18.0. The van der Waals surface area contributed by atoms with E-state index in [0.29, 0.717) is 23.9 Å². The molecule has 0 radical (unpaired) electrons.